The standard InChI is InChI=1S/C23H31N7O/c1-3-16-8-9-20-17(14-16)15-19(23(31)24-20)21(29-12-10-28(2)11-13-29)22-25-26-27-30(22)18-6-4-5-7-18/h8-9,14-15,18,21H,3-7,10-13H2,1-2H3,(H,24,31)/p+2/t21-/m0/s1. The van der Waals surface area contributed by atoms with Crippen LogP contribution in [0.15, 0.2) is 29.1 Å². The number of aromatic nitrogens is 5. The summed E-state index contributed by atoms with van der Waals surface area (Å²) in [5.41, 5.74) is 2.91. The maximum atomic E-state index is 13.3. The molecule has 0 bridgehead atoms. The molecule has 1 aromatic carbocycles. The summed E-state index contributed by atoms with van der Waals surface area (Å²) in [4.78, 5) is 19.4. The Morgan fingerprint density at radius 1 is 1.16 bits per heavy atom. The molecule has 1 aliphatic heterocycles. The van der Waals surface area contributed by atoms with Crippen molar-refractivity contribution in [2.75, 3.05) is 33.2 Å². The van der Waals surface area contributed by atoms with Gasteiger partial charge < -0.3 is 14.8 Å². The number of H-pyrrole nitrogens is 1. The number of hydrogen-bond donors (Lipinski definition) is 3. The van der Waals surface area contributed by atoms with Crippen molar-refractivity contribution < 1.29 is 9.80 Å². The van der Waals surface area contributed by atoms with Crippen LogP contribution in [-0.2, 0) is 6.42 Å². The fourth-order valence-electron chi connectivity index (χ4n) is 5.33. The molecule has 3 heterocycles. The van der Waals surface area contributed by atoms with Crippen LogP contribution in [0.5, 0.6) is 0 Å². The molecule has 2 aromatic heterocycles. The quantitative estimate of drug-likeness (QED) is 0.526. The minimum absolute atomic E-state index is 0.0264. The first-order valence-electron chi connectivity index (χ1n) is 11.7. The number of aromatic amines is 1. The molecule has 0 unspecified atom stereocenters. The van der Waals surface area contributed by atoms with Gasteiger partial charge in [0.25, 0.3) is 5.56 Å². The van der Waals surface area contributed by atoms with Crippen molar-refractivity contribution in [2.45, 2.75) is 51.1 Å². The second kappa shape index (κ2) is 8.51. The summed E-state index contributed by atoms with van der Waals surface area (Å²) in [6.07, 6.45) is 5.63. The molecule has 164 valence electrons. The van der Waals surface area contributed by atoms with Gasteiger partial charge in [0.15, 0.2) is 6.04 Å². The van der Waals surface area contributed by atoms with Crippen molar-refractivity contribution in [3.63, 3.8) is 0 Å². The zero-order chi connectivity index (χ0) is 21.4. The Kier molecular flexibility index (Phi) is 5.58. The zero-order valence-electron chi connectivity index (χ0n) is 18.5. The van der Waals surface area contributed by atoms with Crippen LogP contribution in [0.4, 0.5) is 0 Å². The summed E-state index contributed by atoms with van der Waals surface area (Å²) in [7, 11) is 2.24. The van der Waals surface area contributed by atoms with Gasteiger partial charge in [-0.15, -0.1) is 5.10 Å². The Balaban J connectivity index is 1.63. The second-order valence-electron chi connectivity index (χ2n) is 9.30. The van der Waals surface area contributed by atoms with Gasteiger partial charge in [-0.05, 0) is 58.8 Å². The lowest BCUT2D eigenvalue weighted by Gasteiger charge is -2.33. The summed E-state index contributed by atoms with van der Waals surface area (Å²) >= 11 is 0. The lowest BCUT2D eigenvalue weighted by atomic mass is 10.0. The number of tetrazole rings is 1. The van der Waals surface area contributed by atoms with Crippen LogP contribution in [0.1, 0.15) is 61.6 Å². The first-order valence-corrected chi connectivity index (χ1v) is 11.7. The third-order valence-corrected chi connectivity index (χ3v) is 7.26. The number of benzene rings is 1. The molecule has 0 spiro atoms. The van der Waals surface area contributed by atoms with Crippen LogP contribution in [0.2, 0.25) is 0 Å². The SMILES string of the molecule is CCc1ccc2[nH]c(=O)c([C@@H](c3nnnn3C3CCCC3)[NH+]3CC[NH+](C)CC3)cc2c1. The fourth-order valence-corrected chi connectivity index (χ4v) is 5.33. The third kappa shape index (κ3) is 3.90. The van der Waals surface area contributed by atoms with Crippen molar-refractivity contribution >= 4 is 10.9 Å². The number of fused-ring (bicyclic) bond motifs is 1. The van der Waals surface area contributed by atoms with Gasteiger partial charge >= 0.3 is 0 Å². The van der Waals surface area contributed by atoms with Gasteiger partial charge in [0.05, 0.1) is 18.7 Å². The minimum Gasteiger partial charge on any atom is -0.328 e. The summed E-state index contributed by atoms with van der Waals surface area (Å²) < 4.78 is 2.03. The van der Waals surface area contributed by atoms with Gasteiger partial charge in [0, 0.05) is 5.52 Å². The van der Waals surface area contributed by atoms with E-state index in [1.165, 1.54) is 28.2 Å². The first kappa shape index (κ1) is 20.3. The number of hydrogen-bond acceptors (Lipinski definition) is 4. The monoisotopic (exact) mass is 423 g/mol. The van der Waals surface area contributed by atoms with Crippen LogP contribution in [0.3, 0.4) is 0 Å². The highest BCUT2D eigenvalue weighted by molar-refractivity contribution is 5.79. The van der Waals surface area contributed by atoms with Crippen molar-refractivity contribution in [1.82, 2.24) is 25.2 Å². The average Bonchev–Trinajstić information content (AvgIpc) is 3.47. The summed E-state index contributed by atoms with van der Waals surface area (Å²) in [5.74, 6) is 0.845. The predicted molar refractivity (Wildman–Crippen MR) is 118 cm³/mol. The Bertz CT molecular complexity index is 1110. The summed E-state index contributed by atoms with van der Waals surface area (Å²) in [6, 6.07) is 8.57. The maximum absolute atomic E-state index is 13.3. The van der Waals surface area contributed by atoms with Gasteiger partial charge in [-0.2, -0.15) is 0 Å². The number of aryl methyl sites for hydroxylation is 1. The van der Waals surface area contributed by atoms with E-state index in [4.69, 9.17) is 0 Å². The lowest BCUT2D eigenvalue weighted by molar-refractivity contribution is -1.02. The highest BCUT2D eigenvalue weighted by Crippen LogP contribution is 2.31. The molecule has 1 saturated carbocycles. The number of quaternary nitrogens is 2. The molecule has 3 N–H and O–H groups in total. The van der Waals surface area contributed by atoms with Crippen molar-refractivity contribution in [3.8, 4) is 0 Å². The number of pyridine rings is 1. The van der Waals surface area contributed by atoms with Crippen molar-refractivity contribution in [2.24, 2.45) is 0 Å². The van der Waals surface area contributed by atoms with Gasteiger partial charge in [-0.25, -0.2) is 4.68 Å². The molecule has 8 nitrogen and oxygen atoms in total. The Morgan fingerprint density at radius 2 is 1.94 bits per heavy atom. The smallest absolute Gasteiger partial charge is 0.258 e. The van der Waals surface area contributed by atoms with Crippen LogP contribution in [-0.4, -0.2) is 58.4 Å². The maximum Gasteiger partial charge on any atom is 0.258 e. The molecular weight excluding hydrogens is 390 g/mol. The molecule has 3 aromatic rings. The molecule has 5 rings (SSSR count). The van der Waals surface area contributed by atoms with Gasteiger partial charge in [0.2, 0.25) is 5.82 Å². The number of nitrogens with one attached hydrogen (secondary N) is 3. The molecule has 8 heteroatoms. The number of nitrogens with zero attached hydrogens (tertiary/aromatic N) is 4. The predicted octanol–water partition coefficient (Wildman–Crippen LogP) is -0.305. The molecule has 1 aliphatic carbocycles. The fraction of sp³-hybridized carbons (Fsp3) is 0.565. The first-order chi connectivity index (χ1) is 15.1. The third-order valence-electron chi connectivity index (χ3n) is 7.26. The van der Waals surface area contributed by atoms with Gasteiger partial charge in [-0.3, -0.25) is 4.79 Å². The normalized spacial score (nSPS) is 23.4. The van der Waals surface area contributed by atoms with E-state index < -0.39 is 0 Å². The minimum atomic E-state index is -0.151. The van der Waals surface area contributed by atoms with Crippen molar-refractivity contribution in [1.29, 1.82) is 0 Å². The highest BCUT2D eigenvalue weighted by atomic mass is 16.1. The van der Waals surface area contributed by atoms with E-state index in [9.17, 15) is 4.79 Å². The number of likely N-dealkylation sites (N-methyl/N-ethyl adjacent to an activating group) is 1. The molecule has 1 saturated heterocycles. The molecule has 2 aliphatic rings. The zero-order valence-corrected chi connectivity index (χ0v) is 18.5. The van der Waals surface area contributed by atoms with Crippen molar-refractivity contribution in [3.05, 3.63) is 51.6 Å². The topological polar surface area (TPSA) is 85.3 Å². The Morgan fingerprint density at radius 3 is 2.68 bits per heavy atom. The highest BCUT2D eigenvalue weighted by Gasteiger charge is 2.38. The Labute approximate surface area is 182 Å². The van der Waals surface area contributed by atoms with Crippen LogP contribution < -0.4 is 15.4 Å². The van der Waals surface area contributed by atoms with E-state index in [1.54, 1.807) is 0 Å². The molecule has 0 amide bonds. The van der Waals surface area contributed by atoms with E-state index >= 15 is 0 Å². The van der Waals surface area contributed by atoms with E-state index in [0.717, 1.165) is 67.7 Å². The molecular formula is C23H33N7O+2. The molecule has 0 radical (unpaired) electrons. The summed E-state index contributed by atoms with van der Waals surface area (Å²) in [5, 5.41) is 14.1. The molecule has 1 atom stereocenters. The van der Waals surface area contributed by atoms with E-state index in [-0.39, 0.29) is 11.6 Å². The molecule has 2 fully saturated rings. The molecule has 31 heavy (non-hydrogen) atoms. The van der Waals surface area contributed by atoms with Crippen LogP contribution in [0, 0.1) is 0 Å². The van der Waals surface area contributed by atoms with Gasteiger partial charge in [0.1, 0.15) is 26.2 Å². The van der Waals surface area contributed by atoms with E-state index in [1.807, 2.05) is 10.7 Å². The van der Waals surface area contributed by atoms with E-state index in [2.05, 4.69) is 52.7 Å². The largest absolute Gasteiger partial charge is 0.328 e. The van der Waals surface area contributed by atoms with Gasteiger partial charge in [-0.1, -0.05) is 25.8 Å². The lowest BCUT2D eigenvalue weighted by Crippen LogP contribution is -3.27. The summed E-state index contributed by atoms with van der Waals surface area (Å²) in [6.45, 7) is 6.33. The Hall–Kier alpha value is -2.58. The number of rotatable bonds is 5. The number of piperazine rings is 1. The average molecular weight is 424 g/mol. The second-order valence-corrected chi connectivity index (χ2v) is 9.30. The van der Waals surface area contributed by atoms with Crippen LogP contribution >= 0.6 is 0 Å². The van der Waals surface area contributed by atoms with E-state index in [0.29, 0.717) is 6.04 Å². The van der Waals surface area contributed by atoms with Crippen LogP contribution in [0.25, 0.3) is 10.9 Å².